The molecule has 6 nitrogen and oxygen atoms in total. The Hall–Kier alpha value is -3.38. The van der Waals surface area contributed by atoms with Gasteiger partial charge < -0.3 is 15.4 Å². The zero-order valence-corrected chi connectivity index (χ0v) is 15.2. The van der Waals surface area contributed by atoms with Gasteiger partial charge in [-0.3, -0.25) is 4.79 Å². The first kappa shape index (κ1) is 18.4. The molecule has 2 N–H and O–H groups in total. The minimum Gasteiger partial charge on any atom is -0.465 e. The molecule has 0 saturated heterocycles. The molecule has 0 radical (unpaired) electrons. The third kappa shape index (κ3) is 4.62. The van der Waals surface area contributed by atoms with Crippen LogP contribution in [0.1, 0.15) is 20.7 Å². The molecule has 3 aromatic rings. The molecule has 1 heterocycles. The van der Waals surface area contributed by atoms with E-state index in [1.54, 1.807) is 54.6 Å². The van der Waals surface area contributed by atoms with Gasteiger partial charge in [0.25, 0.3) is 5.91 Å². The molecule has 0 aliphatic carbocycles. The highest BCUT2D eigenvalue weighted by molar-refractivity contribution is 6.33. The number of nitrogens with one attached hydrogen (secondary N) is 2. The molecule has 0 aliphatic heterocycles. The highest BCUT2D eigenvalue weighted by Gasteiger charge is 2.10. The zero-order valence-electron chi connectivity index (χ0n) is 14.4. The average Bonchev–Trinajstić information content (AvgIpc) is 2.71. The van der Waals surface area contributed by atoms with Gasteiger partial charge in [-0.2, -0.15) is 0 Å². The Balaban J connectivity index is 1.71. The van der Waals surface area contributed by atoms with Crippen molar-refractivity contribution in [2.75, 3.05) is 17.7 Å². The van der Waals surface area contributed by atoms with E-state index in [0.29, 0.717) is 33.3 Å². The standard InChI is InChI=1S/C20H16ClN3O3/c1-27-20(26)14-7-9-16(21)17(11-14)24-18-10-8-15(12-22-18)23-19(25)13-5-3-2-4-6-13/h2-12H,1H3,(H,22,24)(H,23,25). The lowest BCUT2D eigenvalue weighted by molar-refractivity contribution is 0.0600. The number of nitrogens with zero attached hydrogens (tertiary/aromatic N) is 1. The first-order valence-electron chi connectivity index (χ1n) is 8.04. The number of aromatic nitrogens is 1. The number of pyridine rings is 1. The predicted molar refractivity (Wildman–Crippen MR) is 105 cm³/mol. The van der Waals surface area contributed by atoms with Crippen LogP contribution >= 0.6 is 11.6 Å². The van der Waals surface area contributed by atoms with Crippen molar-refractivity contribution in [2.24, 2.45) is 0 Å². The summed E-state index contributed by atoms with van der Waals surface area (Å²) in [5.74, 6) is -0.162. The van der Waals surface area contributed by atoms with Crippen molar-refractivity contribution in [2.45, 2.75) is 0 Å². The fraction of sp³-hybridized carbons (Fsp3) is 0.0500. The number of hydrogen-bond donors (Lipinski definition) is 2. The van der Waals surface area contributed by atoms with Crippen LogP contribution in [-0.2, 0) is 4.74 Å². The highest BCUT2D eigenvalue weighted by Crippen LogP contribution is 2.26. The molecule has 0 fully saturated rings. The predicted octanol–water partition coefficient (Wildman–Crippen LogP) is 4.52. The Bertz CT molecular complexity index is 960. The van der Waals surface area contributed by atoms with Crippen LogP contribution in [-0.4, -0.2) is 24.0 Å². The summed E-state index contributed by atoms with van der Waals surface area (Å²) in [7, 11) is 1.31. The lowest BCUT2D eigenvalue weighted by Gasteiger charge is -2.10. The molecule has 0 unspecified atom stereocenters. The van der Waals surface area contributed by atoms with Crippen molar-refractivity contribution >= 4 is 40.7 Å². The number of carbonyl (C=O) groups is 2. The molecule has 0 saturated carbocycles. The molecule has 0 bridgehead atoms. The van der Waals surface area contributed by atoms with Crippen LogP contribution in [0.25, 0.3) is 0 Å². The molecule has 0 spiro atoms. The summed E-state index contributed by atoms with van der Waals surface area (Å²) in [5.41, 5.74) is 2.01. The van der Waals surface area contributed by atoms with Gasteiger partial charge in [0.2, 0.25) is 0 Å². The maximum atomic E-state index is 12.1. The molecule has 1 amide bonds. The maximum Gasteiger partial charge on any atom is 0.337 e. The molecule has 2 aromatic carbocycles. The van der Waals surface area contributed by atoms with Gasteiger partial charge in [0, 0.05) is 5.56 Å². The van der Waals surface area contributed by atoms with E-state index in [4.69, 9.17) is 16.3 Å². The summed E-state index contributed by atoms with van der Waals surface area (Å²) in [5, 5.41) is 6.25. The molecular weight excluding hydrogens is 366 g/mol. The van der Waals surface area contributed by atoms with Crippen molar-refractivity contribution in [3.8, 4) is 0 Å². The van der Waals surface area contributed by atoms with Crippen LogP contribution in [0.4, 0.5) is 17.2 Å². The van der Waals surface area contributed by atoms with Crippen LogP contribution in [0, 0.1) is 0 Å². The number of carbonyl (C=O) groups excluding carboxylic acids is 2. The van der Waals surface area contributed by atoms with Gasteiger partial charge in [-0.1, -0.05) is 29.8 Å². The van der Waals surface area contributed by atoms with Gasteiger partial charge in [-0.15, -0.1) is 0 Å². The number of rotatable bonds is 5. The van der Waals surface area contributed by atoms with Crippen molar-refractivity contribution < 1.29 is 14.3 Å². The van der Waals surface area contributed by atoms with Gasteiger partial charge >= 0.3 is 5.97 Å². The summed E-state index contributed by atoms with van der Waals surface area (Å²) in [6, 6.07) is 17.1. The van der Waals surface area contributed by atoms with Gasteiger partial charge in [0.05, 0.1) is 35.3 Å². The van der Waals surface area contributed by atoms with E-state index >= 15 is 0 Å². The van der Waals surface area contributed by atoms with Crippen LogP contribution in [0.5, 0.6) is 0 Å². The average molecular weight is 382 g/mol. The number of esters is 1. The smallest absolute Gasteiger partial charge is 0.337 e. The second-order valence-corrected chi connectivity index (χ2v) is 5.97. The molecule has 3 rings (SSSR count). The summed E-state index contributed by atoms with van der Waals surface area (Å²) >= 11 is 6.16. The first-order chi connectivity index (χ1) is 13.1. The fourth-order valence-electron chi connectivity index (χ4n) is 2.34. The summed E-state index contributed by atoms with van der Waals surface area (Å²) < 4.78 is 4.70. The maximum absolute atomic E-state index is 12.1. The van der Waals surface area contributed by atoms with E-state index in [1.165, 1.54) is 13.3 Å². The Morgan fingerprint density at radius 2 is 1.78 bits per heavy atom. The van der Waals surface area contributed by atoms with Crippen molar-refractivity contribution in [1.29, 1.82) is 0 Å². The SMILES string of the molecule is COC(=O)c1ccc(Cl)c(Nc2ccc(NC(=O)c3ccccc3)cn2)c1. The van der Waals surface area contributed by atoms with Gasteiger partial charge in [0.1, 0.15) is 5.82 Å². The van der Waals surface area contributed by atoms with Crippen molar-refractivity contribution in [3.05, 3.63) is 83.0 Å². The molecule has 136 valence electrons. The quantitative estimate of drug-likeness (QED) is 0.635. The number of methoxy groups -OCH3 is 1. The van der Waals surface area contributed by atoms with E-state index in [2.05, 4.69) is 15.6 Å². The molecule has 27 heavy (non-hydrogen) atoms. The fourth-order valence-corrected chi connectivity index (χ4v) is 2.50. The molecule has 7 heteroatoms. The van der Waals surface area contributed by atoms with Crippen molar-refractivity contribution in [1.82, 2.24) is 4.98 Å². The number of anilines is 3. The van der Waals surface area contributed by atoms with Crippen LogP contribution in [0.3, 0.4) is 0 Å². The highest BCUT2D eigenvalue weighted by atomic mass is 35.5. The first-order valence-corrected chi connectivity index (χ1v) is 8.42. The number of ether oxygens (including phenoxy) is 1. The summed E-state index contributed by atoms with van der Waals surface area (Å²) in [6.45, 7) is 0. The largest absolute Gasteiger partial charge is 0.465 e. The number of amides is 1. The van der Waals surface area contributed by atoms with Crippen LogP contribution < -0.4 is 10.6 Å². The van der Waals surface area contributed by atoms with E-state index < -0.39 is 5.97 Å². The van der Waals surface area contributed by atoms with E-state index in [9.17, 15) is 9.59 Å². The molecular formula is C20H16ClN3O3. The van der Waals surface area contributed by atoms with Crippen LogP contribution in [0.2, 0.25) is 5.02 Å². The Morgan fingerprint density at radius 3 is 2.44 bits per heavy atom. The molecule has 0 atom stereocenters. The van der Waals surface area contributed by atoms with Gasteiger partial charge in [-0.05, 0) is 42.5 Å². The number of hydrogen-bond acceptors (Lipinski definition) is 5. The third-order valence-corrected chi connectivity index (χ3v) is 4.04. The lowest BCUT2D eigenvalue weighted by atomic mass is 10.2. The minimum absolute atomic E-state index is 0.216. The Labute approximate surface area is 161 Å². The molecule has 1 aromatic heterocycles. The van der Waals surface area contributed by atoms with E-state index in [1.807, 2.05) is 6.07 Å². The lowest BCUT2D eigenvalue weighted by Crippen LogP contribution is -2.11. The van der Waals surface area contributed by atoms with Crippen LogP contribution in [0.15, 0.2) is 66.9 Å². The number of halogens is 1. The number of benzene rings is 2. The summed E-state index contributed by atoms with van der Waals surface area (Å²) in [4.78, 5) is 28.0. The van der Waals surface area contributed by atoms with E-state index in [0.717, 1.165) is 0 Å². The zero-order chi connectivity index (χ0) is 19.2. The van der Waals surface area contributed by atoms with Gasteiger partial charge in [-0.25, -0.2) is 9.78 Å². The normalized spacial score (nSPS) is 10.1. The third-order valence-electron chi connectivity index (χ3n) is 3.71. The van der Waals surface area contributed by atoms with Gasteiger partial charge in [0.15, 0.2) is 0 Å². The minimum atomic E-state index is -0.457. The second-order valence-electron chi connectivity index (χ2n) is 5.56. The monoisotopic (exact) mass is 381 g/mol. The summed E-state index contributed by atoms with van der Waals surface area (Å²) in [6.07, 6.45) is 1.53. The second kappa shape index (κ2) is 8.33. The Kier molecular flexibility index (Phi) is 5.68. The van der Waals surface area contributed by atoms with Crippen molar-refractivity contribution in [3.63, 3.8) is 0 Å². The topological polar surface area (TPSA) is 80.3 Å². The molecule has 0 aliphatic rings. The Morgan fingerprint density at radius 1 is 1.00 bits per heavy atom. The van der Waals surface area contributed by atoms with E-state index in [-0.39, 0.29) is 5.91 Å².